The first kappa shape index (κ1) is 25.4. The number of carbonyl (C=O) groups excluding carboxylic acids is 2. The molecule has 2 aliphatic heterocycles. The van der Waals surface area contributed by atoms with Crippen LogP contribution in [0.5, 0.6) is 0 Å². The van der Waals surface area contributed by atoms with Crippen LogP contribution in [0.1, 0.15) is 66.2 Å². The van der Waals surface area contributed by atoms with Crippen LogP contribution in [0.15, 0.2) is 30.3 Å². The molecule has 0 saturated carbocycles. The molecule has 1 atom stereocenters. The van der Waals surface area contributed by atoms with Gasteiger partial charge in [0.2, 0.25) is 0 Å². The van der Waals surface area contributed by atoms with Crippen molar-refractivity contribution in [2.75, 3.05) is 14.2 Å². The van der Waals surface area contributed by atoms with Crippen molar-refractivity contribution >= 4 is 45.2 Å². The summed E-state index contributed by atoms with van der Waals surface area (Å²) in [6.07, 6.45) is 1.38. The van der Waals surface area contributed by atoms with Gasteiger partial charge in [-0.1, -0.05) is 13.8 Å². The van der Waals surface area contributed by atoms with Crippen molar-refractivity contribution in [1.82, 2.24) is 19.9 Å². The fourth-order valence-electron chi connectivity index (χ4n) is 5.20. The second-order valence-corrected chi connectivity index (χ2v) is 9.93. The van der Waals surface area contributed by atoms with Crippen LogP contribution in [0.4, 0.5) is 0 Å². The molecule has 2 N–H and O–H groups in total. The van der Waals surface area contributed by atoms with Gasteiger partial charge in [-0.2, -0.15) is 0 Å². The van der Waals surface area contributed by atoms with E-state index in [9.17, 15) is 9.59 Å². The number of methoxy groups -OCH3 is 2. The molecule has 8 bridgehead atoms. The van der Waals surface area contributed by atoms with Gasteiger partial charge in [0, 0.05) is 44.9 Å². The average Bonchev–Trinajstić information content (AvgIpc) is 3.63. The predicted molar refractivity (Wildman–Crippen MR) is 147 cm³/mol. The molecule has 1 unspecified atom stereocenters. The van der Waals surface area contributed by atoms with Gasteiger partial charge in [0.25, 0.3) is 0 Å². The summed E-state index contributed by atoms with van der Waals surface area (Å²) in [5, 5.41) is 0. The Morgan fingerprint density at radius 2 is 1.71 bits per heavy atom. The number of nitrogens with zero attached hydrogens (tertiary/aromatic N) is 2. The van der Waals surface area contributed by atoms with Gasteiger partial charge in [-0.25, -0.2) is 9.78 Å². The number of rotatable bonds is 4. The Labute approximate surface area is 221 Å². The number of H-pyrrole nitrogens is 2. The molecule has 3 aromatic heterocycles. The highest BCUT2D eigenvalue weighted by Gasteiger charge is 2.30. The molecular weight excluding hydrogens is 480 g/mol. The third-order valence-corrected chi connectivity index (χ3v) is 7.36. The SMILES string of the molecule is CCc1cc2cc3cc(C)c(cc4nc(c(CC(=O)OC)c5nc(cc1[nH]2)C(C)=C5C(=O)OC)CC4C)[nH]3. The molecule has 2 aliphatic rings. The lowest BCUT2D eigenvalue weighted by Gasteiger charge is -2.09. The Bertz CT molecular complexity index is 1660. The highest BCUT2D eigenvalue weighted by Crippen LogP contribution is 2.36. The molecule has 38 heavy (non-hydrogen) atoms. The third-order valence-electron chi connectivity index (χ3n) is 7.36. The van der Waals surface area contributed by atoms with Crippen LogP contribution in [0.2, 0.25) is 0 Å². The molecule has 0 radical (unpaired) electrons. The number of carbonyl (C=O) groups is 2. The van der Waals surface area contributed by atoms with Crippen LogP contribution in [0, 0.1) is 6.92 Å². The number of allylic oxidation sites excluding steroid dienone is 1. The van der Waals surface area contributed by atoms with Crippen LogP contribution in [0.3, 0.4) is 0 Å². The summed E-state index contributed by atoms with van der Waals surface area (Å²) in [6.45, 7) is 8.13. The van der Waals surface area contributed by atoms with Crippen molar-refractivity contribution in [2.24, 2.45) is 0 Å². The van der Waals surface area contributed by atoms with Gasteiger partial charge in [0.15, 0.2) is 0 Å². The van der Waals surface area contributed by atoms with Crippen molar-refractivity contribution in [3.8, 4) is 0 Å². The van der Waals surface area contributed by atoms with E-state index in [1.807, 2.05) is 13.0 Å². The number of ether oxygens (including phenoxy) is 2. The minimum atomic E-state index is -0.502. The number of aromatic nitrogens is 4. The number of esters is 2. The van der Waals surface area contributed by atoms with Gasteiger partial charge in [-0.05, 0) is 73.7 Å². The molecule has 0 amide bonds. The Balaban J connectivity index is 1.97. The molecule has 5 rings (SSSR count). The van der Waals surface area contributed by atoms with Crippen LogP contribution in [0.25, 0.3) is 33.2 Å². The fraction of sp³-hybridized carbons (Fsp3) is 0.333. The summed E-state index contributed by atoms with van der Waals surface area (Å²) in [5.74, 6) is -0.811. The quantitative estimate of drug-likeness (QED) is 0.456. The van der Waals surface area contributed by atoms with Crippen LogP contribution < -0.4 is 0 Å². The van der Waals surface area contributed by atoms with E-state index in [1.165, 1.54) is 14.2 Å². The topological polar surface area (TPSA) is 110 Å². The number of aromatic amines is 2. The standard InChI is InChI=1S/C30H32N4O4/c1-7-18-10-20-11-19-8-15(2)22(31-19)13-23-16(3)9-26(33-23)21(12-27(35)37-5)29-28(30(36)38-6)17(4)24(34-29)14-25(18)32-20/h8,10-11,13-14,16,31-32H,7,9,12H2,1-6H3. The zero-order chi connectivity index (χ0) is 27.1. The number of aryl methyl sites for hydroxylation is 2. The maximum Gasteiger partial charge on any atom is 0.340 e. The zero-order valence-corrected chi connectivity index (χ0v) is 22.6. The zero-order valence-electron chi connectivity index (χ0n) is 22.6. The third kappa shape index (κ3) is 4.51. The molecule has 0 fully saturated rings. The lowest BCUT2D eigenvalue weighted by Crippen LogP contribution is -2.12. The first-order valence-electron chi connectivity index (χ1n) is 12.8. The van der Waals surface area contributed by atoms with E-state index in [2.05, 4.69) is 55.0 Å². The predicted octanol–water partition coefficient (Wildman–Crippen LogP) is 5.35. The molecule has 196 valence electrons. The molecule has 0 aliphatic carbocycles. The molecule has 0 spiro atoms. The van der Waals surface area contributed by atoms with Crippen LogP contribution >= 0.6 is 0 Å². The second kappa shape index (κ2) is 9.93. The van der Waals surface area contributed by atoms with E-state index in [4.69, 9.17) is 19.4 Å². The van der Waals surface area contributed by atoms with Gasteiger partial charge in [0.1, 0.15) is 0 Å². The summed E-state index contributed by atoms with van der Waals surface area (Å²) in [7, 11) is 2.70. The van der Waals surface area contributed by atoms with E-state index >= 15 is 0 Å². The summed E-state index contributed by atoms with van der Waals surface area (Å²) in [5.41, 5.74) is 10.4. The Morgan fingerprint density at radius 1 is 0.974 bits per heavy atom. The lowest BCUT2D eigenvalue weighted by molar-refractivity contribution is -0.140. The molecule has 0 aromatic carbocycles. The number of nitrogens with one attached hydrogen (secondary N) is 2. The van der Waals surface area contributed by atoms with Gasteiger partial charge in [-0.3, -0.25) is 9.78 Å². The highest BCUT2D eigenvalue weighted by molar-refractivity contribution is 6.25. The summed E-state index contributed by atoms with van der Waals surface area (Å²) >= 11 is 0. The van der Waals surface area contributed by atoms with Crippen LogP contribution in [-0.4, -0.2) is 46.1 Å². The summed E-state index contributed by atoms with van der Waals surface area (Å²) in [6, 6.07) is 10.4. The monoisotopic (exact) mass is 512 g/mol. The van der Waals surface area contributed by atoms with E-state index < -0.39 is 11.9 Å². The number of fused-ring (bicyclic) bond motifs is 8. The molecule has 8 heteroatoms. The molecule has 5 heterocycles. The highest BCUT2D eigenvalue weighted by atomic mass is 16.5. The van der Waals surface area contributed by atoms with E-state index in [-0.39, 0.29) is 12.3 Å². The van der Waals surface area contributed by atoms with Gasteiger partial charge in [0.05, 0.1) is 37.6 Å². The van der Waals surface area contributed by atoms with Crippen molar-refractivity contribution < 1.29 is 19.1 Å². The summed E-state index contributed by atoms with van der Waals surface area (Å²) < 4.78 is 10.2. The van der Waals surface area contributed by atoms with Crippen molar-refractivity contribution in [3.05, 3.63) is 69.8 Å². The Morgan fingerprint density at radius 3 is 2.42 bits per heavy atom. The van der Waals surface area contributed by atoms with Crippen molar-refractivity contribution in [1.29, 1.82) is 0 Å². The number of hydrogen-bond acceptors (Lipinski definition) is 6. The molecule has 8 nitrogen and oxygen atoms in total. The maximum absolute atomic E-state index is 13.0. The van der Waals surface area contributed by atoms with E-state index in [0.29, 0.717) is 34.5 Å². The Hall–Kier alpha value is -4.20. The van der Waals surface area contributed by atoms with Gasteiger partial charge in [-0.15, -0.1) is 0 Å². The Kier molecular flexibility index (Phi) is 6.65. The average molecular weight is 513 g/mol. The smallest absolute Gasteiger partial charge is 0.340 e. The first-order valence-corrected chi connectivity index (χ1v) is 12.8. The first-order chi connectivity index (χ1) is 18.2. The largest absolute Gasteiger partial charge is 0.469 e. The van der Waals surface area contributed by atoms with E-state index in [1.54, 1.807) is 0 Å². The van der Waals surface area contributed by atoms with Gasteiger partial charge < -0.3 is 19.4 Å². The minimum absolute atomic E-state index is 0.0529. The van der Waals surface area contributed by atoms with Gasteiger partial charge >= 0.3 is 11.9 Å². The van der Waals surface area contributed by atoms with Crippen LogP contribution in [-0.2, 0) is 38.3 Å². The lowest BCUT2D eigenvalue weighted by atomic mass is 9.97. The normalized spacial score (nSPS) is 15.1. The minimum Gasteiger partial charge on any atom is -0.469 e. The van der Waals surface area contributed by atoms with Crippen molar-refractivity contribution in [3.63, 3.8) is 0 Å². The maximum atomic E-state index is 13.0. The number of hydrogen-bond donors (Lipinski definition) is 2. The molecular formula is C30H32N4O4. The van der Waals surface area contributed by atoms with E-state index in [0.717, 1.165) is 51.0 Å². The summed E-state index contributed by atoms with van der Waals surface area (Å²) in [4.78, 5) is 42.5. The second-order valence-electron chi connectivity index (χ2n) is 9.93. The van der Waals surface area contributed by atoms with Crippen molar-refractivity contribution in [2.45, 2.75) is 52.9 Å². The molecule has 0 saturated heterocycles. The fourth-order valence-corrected chi connectivity index (χ4v) is 5.20. The molecule has 3 aromatic rings.